The van der Waals surface area contributed by atoms with Crippen molar-refractivity contribution in [3.8, 4) is 0 Å². The maximum atomic E-state index is 12.6. The lowest BCUT2D eigenvalue weighted by atomic mass is 10.0. The first-order valence-electron chi connectivity index (χ1n) is 7.79. The van der Waals surface area contributed by atoms with Gasteiger partial charge >= 0.3 is 0 Å². The van der Waals surface area contributed by atoms with Gasteiger partial charge in [0.25, 0.3) is 0 Å². The molecule has 1 heterocycles. The number of benzene rings is 1. The van der Waals surface area contributed by atoms with Crippen molar-refractivity contribution in [1.82, 2.24) is 10.2 Å². The highest BCUT2D eigenvalue weighted by atomic mass is 16.5. The molecule has 0 bridgehead atoms. The van der Waals surface area contributed by atoms with E-state index in [0.29, 0.717) is 19.8 Å². The van der Waals surface area contributed by atoms with E-state index in [1.807, 2.05) is 11.9 Å². The standard InChI is InChI=1S/C17H26N2O2/c1-4-13-6-8-14(9-7-13)10-19(3)17(20)15-11-21-12-16(15)18-5-2/h6-9,15-16,18H,4-5,10-12H2,1-3H3. The molecular weight excluding hydrogens is 264 g/mol. The van der Waals surface area contributed by atoms with Crippen LogP contribution in [0.4, 0.5) is 0 Å². The van der Waals surface area contributed by atoms with Crippen molar-refractivity contribution in [3.63, 3.8) is 0 Å². The summed E-state index contributed by atoms with van der Waals surface area (Å²) in [5.74, 6) is 0.0999. The van der Waals surface area contributed by atoms with Crippen LogP contribution in [0, 0.1) is 5.92 Å². The molecule has 1 fully saturated rings. The van der Waals surface area contributed by atoms with Gasteiger partial charge in [-0.25, -0.2) is 0 Å². The Hall–Kier alpha value is -1.39. The Balaban J connectivity index is 1.95. The molecule has 0 saturated carbocycles. The fraction of sp³-hybridized carbons (Fsp3) is 0.588. The van der Waals surface area contributed by atoms with Gasteiger partial charge in [-0.2, -0.15) is 0 Å². The zero-order valence-corrected chi connectivity index (χ0v) is 13.3. The topological polar surface area (TPSA) is 41.6 Å². The molecule has 1 amide bonds. The minimum Gasteiger partial charge on any atom is -0.379 e. The summed E-state index contributed by atoms with van der Waals surface area (Å²) in [6.07, 6.45) is 1.04. The number of amides is 1. The van der Waals surface area contributed by atoms with Crippen LogP contribution in [-0.2, 0) is 22.5 Å². The van der Waals surface area contributed by atoms with Crippen LogP contribution < -0.4 is 5.32 Å². The Kier molecular flexibility index (Phi) is 5.76. The molecule has 1 aliphatic rings. The number of carbonyl (C=O) groups is 1. The average molecular weight is 290 g/mol. The predicted octanol–water partition coefficient (Wildman–Crippen LogP) is 1.83. The zero-order valence-electron chi connectivity index (χ0n) is 13.3. The molecule has 116 valence electrons. The van der Waals surface area contributed by atoms with Crippen molar-refractivity contribution < 1.29 is 9.53 Å². The molecule has 1 aromatic carbocycles. The van der Waals surface area contributed by atoms with Gasteiger partial charge in [-0.1, -0.05) is 38.1 Å². The number of rotatable bonds is 6. The van der Waals surface area contributed by atoms with Gasteiger partial charge in [-0.05, 0) is 24.1 Å². The highest BCUT2D eigenvalue weighted by Crippen LogP contribution is 2.17. The fourth-order valence-electron chi connectivity index (χ4n) is 2.78. The second kappa shape index (κ2) is 7.57. The molecule has 1 aromatic rings. The maximum Gasteiger partial charge on any atom is 0.229 e. The first kappa shape index (κ1) is 16.0. The SMILES string of the molecule is CCNC1COCC1C(=O)N(C)Cc1ccc(CC)cc1. The average Bonchev–Trinajstić information content (AvgIpc) is 2.96. The van der Waals surface area contributed by atoms with Crippen molar-refractivity contribution in [1.29, 1.82) is 0 Å². The lowest BCUT2D eigenvalue weighted by molar-refractivity contribution is -0.135. The summed E-state index contributed by atoms with van der Waals surface area (Å²) in [6, 6.07) is 8.62. The molecule has 2 unspecified atom stereocenters. The summed E-state index contributed by atoms with van der Waals surface area (Å²) < 4.78 is 5.46. The van der Waals surface area contributed by atoms with Gasteiger partial charge in [-0.3, -0.25) is 4.79 Å². The Labute approximate surface area is 127 Å². The zero-order chi connectivity index (χ0) is 15.2. The number of ether oxygens (including phenoxy) is 1. The van der Waals surface area contributed by atoms with Gasteiger partial charge in [0.15, 0.2) is 0 Å². The lowest BCUT2D eigenvalue weighted by Gasteiger charge is -2.24. The molecule has 0 spiro atoms. The molecule has 0 aromatic heterocycles. The summed E-state index contributed by atoms with van der Waals surface area (Å²) in [7, 11) is 1.87. The minimum atomic E-state index is -0.0649. The molecule has 0 radical (unpaired) electrons. The fourth-order valence-corrected chi connectivity index (χ4v) is 2.78. The summed E-state index contributed by atoms with van der Waals surface area (Å²) in [6.45, 7) is 6.86. The van der Waals surface area contributed by atoms with Crippen LogP contribution in [0.3, 0.4) is 0 Å². The van der Waals surface area contributed by atoms with Gasteiger partial charge in [0.05, 0.1) is 19.1 Å². The van der Waals surface area contributed by atoms with Gasteiger partial charge in [-0.15, -0.1) is 0 Å². The minimum absolute atomic E-state index is 0.0649. The quantitative estimate of drug-likeness (QED) is 0.869. The van der Waals surface area contributed by atoms with Crippen LogP contribution in [0.25, 0.3) is 0 Å². The van der Waals surface area contributed by atoms with Gasteiger partial charge < -0.3 is 15.0 Å². The number of hydrogen-bond acceptors (Lipinski definition) is 3. The second-order valence-electron chi connectivity index (χ2n) is 5.67. The molecule has 2 rings (SSSR count). The Morgan fingerprint density at radius 3 is 2.52 bits per heavy atom. The summed E-state index contributed by atoms with van der Waals surface area (Å²) in [5, 5.41) is 3.34. The van der Waals surface area contributed by atoms with Crippen LogP contribution in [0.5, 0.6) is 0 Å². The molecule has 4 heteroatoms. The van der Waals surface area contributed by atoms with E-state index in [9.17, 15) is 4.79 Å². The van der Waals surface area contributed by atoms with Crippen LogP contribution in [0.15, 0.2) is 24.3 Å². The third-order valence-electron chi connectivity index (χ3n) is 4.09. The van der Waals surface area contributed by atoms with E-state index in [0.717, 1.165) is 13.0 Å². The summed E-state index contributed by atoms with van der Waals surface area (Å²) in [4.78, 5) is 14.4. The Morgan fingerprint density at radius 1 is 1.24 bits per heavy atom. The number of nitrogens with zero attached hydrogens (tertiary/aromatic N) is 1. The normalized spacial score (nSPS) is 21.5. The molecule has 1 N–H and O–H groups in total. The van der Waals surface area contributed by atoms with Crippen molar-refractivity contribution >= 4 is 5.91 Å². The van der Waals surface area contributed by atoms with E-state index in [-0.39, 0.29) is 17.9 Å². The molecule has 1 aliphatic heterocycles. The molecule has 1 saturated heterocycles. The Morgan fingerprint density at radius 2 is 1.90 bits per heavy atom. The number of aryl methyl sites for hydroxylation is 1. The Bertz CT molecular complexity index is 458. The van der Waals surface area contributed by atoms with Crippen molar-refractivity contribution in [2.24, 2.45) is 5.92 Å². The predicted molar refractivity (Wildman–Crippen MR) is 84.1 cm³/mol. The molecule has 4 nitrogen and oxygen atoms in total. The summed E-state index contributed by atoms with van der Waals surface area (Å²) in [5.41, 5.74) is 2.49. The second-order valence-corrected chi connectivity index (χ2v) is 5.67. The van der Waals surface area contributed by atoms with Crippen molar-refractivity contribution in [2.45, 2.75) is 32.9 Å². The molecule has 0 aliphatic carbocycles. The van der Waals surface area contributed by atoms with E-state index in [4.69, 9.17) is 4.74 Å². The summed E-state index contributed by atoms with van der Waals surface area (Å²) >= 11 is 0. The number of likely N-dealkylation sites (N-methyl/N-ethyl adjacent to an activating group) is 1. The number of nitrogens with one attached hydrogen (secondary N) is 1. The van der Waals surface area contributed by atoms with Gasteiger partial charge in [0, 0.05) is 19.6 Å². The van der Waals surface area contributed by atoms with E-state index >= 15 is 0 Å². The number of hydrogen-bond donors (Lipinski definition) is 1. The highest BCUT2D eigenvalue weighted by molar-refractivity contribution is 5.79. The first-order chi connectivity index (χ1) is 10.2. The van der Waals surface area contributed by atoms with Crippen molar-refractivity contribution in [2.75, 3.05) is 26.8 Å². The van der Waals surface area contributed by atoms with E-state index in [2.05, 4.69) is 43.4 Å². The van der Waals surface area contributed by atoms with E-state index < -0.39 is 0 Å². The van der Waals surface area contributed by atoms with Gasteiger partial charge in [0.2, 0.25) is 5.91 Å². The van der Waals surface area contributed by atoms with Crippen LogP contribution >= 0.6 is 0 Å². The third kappa shape index (κ3) is 4.05. The first-order valence-corrected chi connectivity index (χ1v) is 7.79. The maximum absolute atomic E-state index is 12.6. The van der Waals surface area contributed by atoms with E-state index in [1.165, 1.54) is 11.1 Å². The van der Waals surface area contributed by atoms with Crippen LogP contribution in [0.2, 0.25) is 0 Å². The smallest absolute Gasteiger partial charge is 0.229 e. The largest absolute Gasteiger partial charge is 0.379 e. The van der Waals surface area contributed by atoms with E-state index in [1.54, 1.807) is 0 Å². The van der Waals surface area contributed by atoms with Gasteiger partial charge in [0.1, 0.15) is 0 Å². The lowest BCUT2D eigenvalue weighted by Crippen LogP contribution is -2.44. The van der Waals surface area contributed by atoms with Crippen molar-refractivity contribution in [3.05, 3.63) is 35.4 Å². The molecule has 21 heavy (non-hydrogen) atoms. The monoisotopic (exact) mass is 290 g/mol. The molecular formula is C17H26N2O2. The van der Waals surface area contributed by atoms with Crippen LogP contribution in [-0.4, -0.2) is 43.7 Å². The third-order valence-corrected chi connectivity index (χ3v) is 4.09. The van der Waals surface area contributed by atoms with Crippen LogP contribution in [0.1, 0.15) is 25.0 Å². The number of carbonyl (C=O) groups excluding carboxylic acids is 1. The highest BCUT2D eigenvalue weighted by Gasteiger charge is 2.35. The molecule has 2 atom stereocenters.